The van der Waals surface area contributed by atoms with Gasteiger partial charge in [-0.1, -0.05) is 48.5 Å². The Morgan fingerprint density at radius 3 is 2.35 bits per heavy atom. The van der Waals surface area contributed by atoms with E-state index in [2.05, 4.69) is 0 Å². The molecule has 0 heterocycles. The molecule has 2 aromatic carbocycles. The SMILES string of the molecule is NC/C=C(\c1ccccc1)c1cccc(F)c1. The Morgan fingerprint density at radius 1 is 1.00 bits per heavy atom. The van der Waals surface area contributed by atoms with E-state index in [-0.39, 0.29) is 5.82 Å². The summed E-state index contributed by atoms with van der Waals surface area (Å²) in [7, 11) is 0. The van der Waals surface area contributed by atoms with Crippen LogP contribution in [0.4, 0.5) is 4.39 Å². The quantitative estimate of drug-likeness (QED) is 0.856. The molecule has 1 nitrogen and oxygen atoms in total. The van der Waals surface area contributed by atoms with E-state index < -0.39 is 0 Å². The van der Waals surface area contributed by atoms with Gasteiger partial charge in [0.25, 0.3) is 0 Å². The fraction of sp³-hybridized carbons (Fsp3) is 0.0667. The highest BCUT2D eigenvalue weighted by Gasteiger charge is 2.04. The number of benzene rings is 2. The molecule has 0 amide bonds. The summed E-state index contributed by atoms with van der Waals surface area (Å²) >= 11 is 0. The number of halogens is 1. The van der Waals surface area contributed by atoms with Crippen molar-refractivity contribution in [3.8, 4) is 0 Å². The van der Waals surface area contributed by atoms with Gasteiger partial charge in [-0.2, -0.15) is 0 Å². The molecule has 0 spiro atoms. The van der Waals surface area contributed by atoms with Crippen molar-refractivity contribution in [2.75, 3.05) is 6.54 Å². The van der Waals surface area contributed by atoms with Crippen molar-refractivity contribution in [1.29, 1.82) is 0 Å². The molecule has 2 N–H and O–H groups in total. The molecular weight excluding hydrogens is 213 g/mol. The van der Waals surface area contributed by atoms with E-state index in [0.717, 1.165) is 16.7 Å². The molecule has 17 heavy (non-hydrogen) atoms. The van der Waals surface area contributed by atoms with Crippen LogP contribution < -0.4 is 5.73 Å². The van der Waals surface area contributed by atoms with Gasteiger partial charge < -0.3 is 5.73 Å². The van der Waals surface area contributed by atoms with Crippen LogP contribution in [0.5, 0.6) is 0 Å². The topological polar surface area (TPSA) is 26.0 Å². The Hall–Kier alpha value is -1.93. The fourth-order valence-corrected chi connectivity index (χ4v) is 1.79. The molecule has 0 saturated heterocycles. The molecule has 2 aromatic rings. The first-order valence-corrected chi connectivity index (χ1v) is 5.53. The van der Waals surface area contributed by atoms with Crippen molar-refractivity contribution >= 4 is 5.57 Å². The van der Waals surface area contributed by atoms with E-state index in [4.69, 9.17) is 5.73 Å². The van der Waals surface area contributed by atoms with Crippen molar-refractivity contribution in [2.24, 2.45) is 5.73 Å². The van der Waals surface area contributed by atoms with Gasteiger partial charge in [0.1, 0.15) is 5.82 Å². The minimum Gasteiger partial charge on any atom is -0.327 e. The Bertz CT molecular complexity index is 517. The van der Waals surface area contributed by atoms with E-state index in [9.17, 15) is 4.39 Å². The maximum absolute atomic E-state index is 13.2. The van der Waals surface area contributed by atoms with Crippen LogP contribution in [-0.2, 0) is 0 Å². The summed E-state index contributed by atoms with van der Waals surface area (Å²) in [4.78, 5) is 0. The van der Waals surface area contributed by atoms with Crippen LogP contribution in [0, 0.1) is 5.82 Å². The lowest BCUT2D eigenvalue weighted by atomic mass is 9.97. The van der Waals surface area contributed by atoms with Gasteiger partial charge in [0, 0.05) is 6.54 Å². The standard InChI is InChI=1S/C15H14FN/c16-14-8-4-7-13(11-14)15(9-10-17)12-5-2-1-3-6-12/h1-9,11H,10,17H2/b15-9+. The van der Waals surface area contributed by atoms with Gasteiger partial charge in [-0.25, -0.2) is 4.39 Å². The second kappa shape index (κ2) is 5.41. The molecule has 0 aliphatic carbocycles. The summed E-state index contributed by atoms with van der Waals surface area (Å²) in [5.74, 6) is -0.235. The molecule has 0 aliphatic rings. The zero-order valence-corrected chi connectivity index (χ0v) is 9.44. The van der Waals surface area contributed by atoms with Crippen molar-refractivity contribution in [2.45, 2.75) is 0 Å². The van der Waals surface area contributed by atoms with E-state index in [0.29, 0.717) is 6.54 Å². The smallest absolute Gasteiger partial charge is 0.123 e. The molecule has 0 bridgehead atoms. The van der Waals surface area contributed by atoms with Crippen molar-refractivity contribution in [3.05, 3.63) is 77.6 Å². The van der Waals surface area contributed by atoms with Crippen molar-refractivity contribution in [1.82, 2.24) is 0 Å². The van der Waals surface area contributed by atoms with Gasteiger partial charge >= 0.3 is 0 Å². The molecule has 0 aromatic heterocycles. The first-order chi connectivity index (χ1) is 8.31. The molecule has 0 fully saturated rings. The van der Waals surface area contributed by atoms with Crippen molar-refractivity contribution in [3.63, 3.8) is 0 Å². The largest absolute Gasteiger partial charge is 0.327 e. The summed E-state index contributed by atoms with van der Waals surface area (Å²) in [6, 6.07) is 16.4. The van der Waals surface area contributed by atoms with Crippen LogP contribution in [0.25, 0.3) is 5.57 Å². The summed E-state index contributed by atoms with van der Waals surface area (Å²) < 4.78 is 13.2. The van der Waals surface area contributed by atoms with E-state index in [1.54, 1.807) is 6.07 Å². The Morgan fingerprint density at radius 2 is 1.71 bits per heavy atom. The summed E-state index contributed by atoms with van der Waals surface area (Å²) in [6.07, 6.45) is 1.91. The Kier molecular flexibility index (Phi) is 3.68. The predicted molar refractivity (Wildman–Crippen MR) is 69.0 cm³/mol. The van der Waals surface area contributed by atoms with Gasteiger partial charge in [-0.15, -0.1) is 0 Å². The third-order valence-electron chi connectivity index (χ3n) is 2.54. The number of nitrogens with two attached hydrogens (primary N) is 1. The van der Waals surface area contributed by atoms with E-state index in [1.807, 2.05) is 42.5 Å². The lowest BCUT2D eigenvalue weighted by Crippen LogP contribution is -1.97. The first kappa shape index (κ1) is 11.6. The number of hydrogen-bond acceptors (Lipinski definition) is 1. The molecule has 2 rings (SSSR count). The van der Waals surface area contributed by atoms with E-state index >= 15 is 0 Å². The Balaban J connectivity index is 2.47. The molecule has 2 heteroatoms. The highest BCUT2D eigenvalue weighted by atomic mass is 19.1. The highest BCUT2D eigenvalue weighted by molar-refractivity contribution is 5.79. The third-order valence-corrected chi connectivity index (χ3v) is 2.54. The van der Waals surface area contributed by atoms with Crippen LogP contribution in [0.15, 0.2) is 60.7 Å². The second-order valence-corrected chi connectivity index (χ2v) is 3.73. The zero-order valence-electron chi connectivity index (χ0n) is 9.44. The van der Waals surface area contributed by atoms with Gasteiger partial charge in [0.15, 0.2) is 0 Å². The van der Waals surface area contributed by atoms with Crippen LogP contribution >= 0.6 is 0 Å². The third kappa shape index (κ3) is 2.80. The monoisotopic (exact) mass is 227 g/mol. The van der Waals surface area contributed by atoms with E-state index in [1.165, 1.54) is 12.1 Å². The van der Waals surface area contributed by atoms with Gasteiger partial charge in [-0.3, -0.25) is 0 Å². The minimum atomic E-state index is -0.235. The molecule has 0 atom stereocenters. The van der Waals surface area contributed by atoms with Gasteiger partial charge in [-0.05, 0) is 28.8 Å². The summed E-state index contributed by atoms with van der Waals surface area (Å²) in [5, 5.41) is 0. The lowest BCUT2D eigenvalue weighted by molar-refractivity contribution is 0.627. The molecule has 0 aliphatic heterocycles. The molecule has 0 radical (unpaired) electrons. The molecule has 0 saturated carbocycles. The normalized spacial score (nSPS) is 11.5. The maximum Gasteiger partial charge on any atom is 0.123 e. The van der Waals surface area contributed by atoms with Crippen molar-refractivity contribution < 1.29 is 4.39 Å². The van der Waals surface area contributed by atoms with Crippen LogP contribution in [0.3, 0.4) is 0 Å². The minimum absolute atomic E-state index is 0.235. The number of hydrogen-bond donors (Lipinski definition) is 1. The van der Waals surface area contributed by atoms with Crippen LogP contribution in [0.1, 0.15) is 11.1 Å². The van der Waals surface area contributed by atoms with Gasteiger partial charge in [0.2, 0.25) is 0 Å². The Labute approximate surface area is 100 Å². The average Bonchev–Trinajstić information content (AvgIpc) is 2.37. The lowest BCUT2D eigenvalue weighted by Gasteiger charge is -2.08. The summed E-state index contributed by atoms with van der Waals surface area (Å²) in [6.45, 7) is 0.431. The highest BCUT2D eigenvalue weighted by Crippen LogP contribution is 2.23. The van der Waals surface area contributed by atoms with Crippen LogP contribution in [-0.4, -0.2) is 6.54 Å². The summed E-state index contributed by atoms with van der Waals surface area (Å²) in [5.41, 5.74) is 8.43. The molecule has 0 unspecified atom stereocenters. The molecular formula is C15H14FN. The second-order valence-electron chi connectivity index (χ2n) is 3.73. The van der Waals surface area contributed by atoms with Gasteiger partial charge in [0.05, 0.1) is 0 Å². The predicted octanol–water partition coefficient (Wildman–Crippen LogP) is 3.22. The van der Waals surface area contributed by atoms with Crippen LogP contribution in [0.2, 0.25) is 0 Å². The number of rotatable bonds is 3. The maximum atomic E-state index is 13.2. The first-order valence-electron chi connectivity index (χ1n) is 5.53. The zero-order chi connectivity index (χ0) is 12.1. The fourth-order valence-electron chi connectivity index (χ4n) is 1.79. The average molecular weight is 227 g/mol. The molecule has 86 valence electrons.